The lowest BCUT2D eigenvalue weighted by Gasteiger charge is -2.07. The number of aryl methyl sites for hydroxylation is 1. The molecule has 1 heterocycles. The molecule has 1 N–H and O–H groups in total. The van der Waals surface area contributed by atoms with Crippen LogP contribution in [0.5, 0.6) is 5.75 Å². The number of aromatic nitrogens is 2. The Morgan fingerprint density at radius 1 is 1.17 bits per heavy atom. The second-order valence-electron chi connectivity index (χ2n) is 5.01. The van der Waals surface area contributed by atoms with Crippen molar-refractivity contribution in [2.75, 3.05) is 0 Å². The van der Waals surface area contributed by atoms with Crippen LogP contribution >= 0.6 is 67.8 Å². The molecule has 0 aliphatic heterocycles. The van der Waals surface area contributed by atoms with Crippen LogP contribution in [0, 0.1) is 17.6 Å². The van der Waals surface area contributed by atoms with Crippen LogP contribution < -0.4 is 5.56 Å². The minimum Gasteiger partial charge on any atom is -0.506 e. The first-order valence-electron chi connectivity index (χ1n) is 6.78. The van der Waals surface area contributed by atoms with Crippen molar-refractivity contribution in [1.82, 2.24) is 9.66 Å². The molecule has 2 aromatic carbocycles. The van der Waals surface area contributed by atoms with E-state index in [1.54, 1.807) is 19.1 Å². The zero-order valence-corrected chi connectivity index (χ0v) is 18.8. The normalized spacial score (nSPS) is 11.5. The summed E-state index contributed by atoms with van der Waals surface area (Å²) in [7, 11) is 0. The Hall–Kier alpha value is -0.760. The molecular formula is C16H10I3N3O2. The van der Waals surface area contributed by atoms with Crippen molar-refractivity contribution < 1.29 is 5.11 Å². The van der Waals surface area contributed by atoms with Crippen LogP contribution in [-0.2, 0) is 0 Å². The van der Waals surface area contributed by atoms with Crippen LogP contribution in [0.1, 0.15) is 11.4 Å². The van der Waals surface area contributed by atoms with Gasteiger partial charge in [0.1, 0.15) is 11.6 Å². The molecule has 0 bridgehead atoms. The Kier molecular flexibility index (Phi) is 5.44. The first kappa shape index (κ1) is 18.0. The molecule has 0 fully saturated rings. The first-order chi connectivity index (χ1) is 11.4. The smallest absolute Gasteiger partial charge is 0.282 e. The monoisotopic (exact) mass is 657 g/mol. The van der Waals surface area contributed by atoms with Gasteiger partial charge in [0.05, 0.1) is 20.7 Å². The SMILES string of the molecule is Cc1nc2ccc(I)cc2c(=O)n1/N=C/c1cc(I)cc(I)c1O. The van der Waals surface area contributed by atoms with Crippen LogP contribution in [0.15, 0.2) is 40.2 Å². The molecule has 0 unspecified atom stereocenters. The van der Waals surface area contributed by atoms with E-state index >= 15 is 0 Å². The number of aromatic hydroxyl groups is 1. The van der Waals surface area contributed by atoms with E-state index in [1.807, 2.05) is 18.2 Å². The molecule has 5 nitrogen and oxygen atoms in total. The summed E-state index contributed by atoms with van der Waals surface area (Å²) in [6.45, 7) is 1.73. The van der Waals surface area contributed by atoms with Gasteiger partial charge in [-0.15, -0.1) is 0 Å². The number of phenolic OH excluding ortho intramolecular Hbond substituents is 1. The fraction of sp³-hybridized carbons (Fsp3) is 0.0625. The molecule has 0 saturated heterocycles. The minimum absolute atomic E-state index is 0.147. The highest BCUT2D eigenvalue weighted by Gasteiger charge is 2.09. The molecule has 0 radical (unpaired) electrons. The van der Waals surface area contributed by atoms with Crippen molar-refractivity contribution in [1.29, 1.82) is 0 Å². The second kappa shape index (κ2) is 7.23. The van der Waals surface area contributed by atoms with Crippen molar-refractivity contribution in [3.05, 3.63) is 62.8 Å². The summed E-state index contributed by atoms with van der Waals surface area (Å²) in [6.07, 6.45) is 1.48. The maximum atomic E-state index is 12.7. The van der Waals surface area contributed by atoms with E-state index in [1.165, 1.54) is 10.9 Å². The van der Waals surface area contributed by atoms with Crippen LogP contribution in [0.2, 0.25) is 0 Å². The molecule has 0 aliphatic rings. The quantitative estimate of drug-likeness (QED) is 0.334. The molecule has 0 atom stereocenters. The average molecular weight is 657 g/mol. The Morgan fingerprint density at radius 2 is 1.92 bits per heavy atom. The molecule has 8 heteroatoms. The highest BCUT2D eigenvalue weighted by molar-refractivity contribution is 14.1. The predicted molar refractivity (Wildman–Crippen MR) is 120 cm³/mol. The van der Waals surface area contributed by atoms with Crippen molar-refractivity contribution in [3.8, 4) is 5.75 Å². The maximum Gasteiger partial charge on any atom is 0.282 e. The Balaban J connectivity index is 2.15. The third kappa shape index (κ3) is 3.59. The number of benzene rings is 2. The summed E-state index contributed by atoms with van der Waals surface area (Å²) >= 11 is 6.39. The summed E-state index contributed by atoms with van der Waals surface area (Å²) in [4.78, 5) is 17.1. The highest BCUT2D eigenvalue weighted by atomic mass is 127. The minimum atomic E-state index is -0.230. The van der Waals surface area contributed by atoms with E-state index in [2.05, 4.69) is 77.9 Å². The Bertz CT molecular complexity index is 1040. The fourth-order valence-corrected chi connectivity index (χ4v) is 4.58. The molecule has 24 heavy (non-hydrogen) atoms. The summed E-state index contributed by atoms with van der Waals surface area (Å²) < 4.78 is 3.93. The number of phenols is 1. The van der Waals surface area contributed by atoms with Gasteiger partial charge in [-0.25, -0.2) is 4.98 Å². The molecule has 0 amide bonds. The zero-order chi connectivity index (χ0) is 17.4. The highest BCUT2D eigenvalue weighted by Crippen LogP contribution is 2.25. The number of halogens is 3. The van der Waals surface area contributed by atoms with E-state index in [4.69, 9.17) is 0 Å². The summed E-state index contributed by atoms with van der Waals surface area (Å²) in [6, 6.07) is 9.20. The summed E-state index contributed by atoms with van der Waals surface area (Å²) in [5.41, 5.74) is 0.975. The van der Waals surface area contributed by atoms with Gasteiger partial charge in [-0.05, 0) is 105 Å². The zero-order valence-electron chi connectivity index (χ0n) is 12.3. The molecule has 0 saturated carbocycles. The van der Waals surface area contributed by atoms with Gasteiger partial charge in [0.25, 0.3) is 5.56 Å². The van der Waals surface area contributed by atoms with E-state index in [-0.39, 0.29) is 11.3 Å². The van der Waals surface area contributed by atoms with Crippen molar-refractivity contribution in [2.45, 2.75) is 6.92 Å². The lowest BCUT2D eigenvalue weighted by molar-refractivity contribution is 0.470. The lowest BCUT2D eigenvalue weighted by Crippen LogP contribution is -2.20. The van der Waals surface area contributed by atoms with Crippen molar-refractivity contribution in [3.63, 3.8) is 0 Å². The topological polar surface area (TPSA) is 67.5 Å². The second-order valence-corrected chi connectivity index (χ2v) is 8.66. The first-order valence-corrected chi connectivity index (χ1v) is 10.0. The van der Waals surface area contributed by atoms with Gasteiger partial charge in [-0.1, -0.05) is 0 Å². The van der Waals surface area contributed by atoms with Crippen LogP contribution in [0.4, 0.5) is 0 Å². The number of fused-ring (bicyclic) bond motifs is 1. The van der Waals surface area contributed by atoms with Gasteiger partial charge in [-0.3, -0.25) is 4.79 Å². The average Bonchev–Trinajstić information content (AvgIpc) is 2.52. The number of nitrogens with zero attached hydrogens (tertiary/aromatic N) is 3. The van der Waals surface area contributed by atoms with Crippen LogP contribution in [0.3, 0.4) is 0 Å². The molecule has 3 rings (SSSR count). The predicted octanol–water partition coefficient (Wildman–Crippen LogP) is 4.11. The van der Waals surface area contributed by atoms with Gasteiger partial charge in [-0.2, -0.15) is 9.78 Å². The standard InChI is InChI=1S/C16H10I3N3O2/c1-8-21-14-3-2-10(17)5-12(14)16(24)22(8)20-7-9-4-11(18)6-13(19)15(9)23/h2-7,23H,1H3/b20-7+. The van der Waals surface area contributed by atoms with Crippen molar-refractivity contribution >= 4 is 84.9 Å². The third-order valence-corrected chi connectivity index (χ3v) is 5.46. The molecule has 1 aromatic heterocycles. The fourth-order valence-electron chi connectivity index (χ4n) is 2.20. The summed E-state index contributed by atoms with van der Waals surface area (Å²) in [5.74, 6) is 0.638. The number of hydrogen-bond acceptors (Lipinski definition) is 4. The van der Waals surface area contributed by atoms with Gasteiger partial charge >= 0.3 is 0 Å². The Labute approximate surface area is 178 Å². The number of rotatable bonds is 2. The van der Waals surface area contributed by atoms with Crippen molar-refractivity contribution in [2.24, 2.45) is 5.10 Å². The van der Waals surface area contributed by atoms with Crippen LogP contribution in [0.25, 0.3) is 10.9 Å². The third-order valence-electron chi connectivity index (χ3n) is 3.34. The molecule has 0 aliphatic carbocycles. The molecular weight excluding hydrogens is 647 g/mol. The molecule has 3 aromatic rings. The van der Waals surface area contributed by atoms with E-state index < -0.39 is 0 Å². The maximum absolute atomic E-state index is 12.7. The van der Waals surface area contributed by atoms with Gasteiger partial charge in [0.2, 0.25) is 0 Å². The number of hydrogen-bond donors (Lipinski definition) is 1. The van der Waals surface area contributed by atoms with E-state index in [9.17, 15) is 9.90 Å². The Morgan fingerprint density at radius 3 is 2.67 bits per heavy atom. The van der Waals surface area contributed by atoms with Gasteiger partial charge in [0, 0.05) is 12.7 Å². The molecule has 122 valence electrons. The van der Waals surface area contributed by atoms with Crippen LogP contribution in [-0.4, -0.2) is 21.0 Å². The van der Waals surface area contributed by atoms with E-state index in [0.29, 0.717) is 22.3 Å². The molecule has 0 spiro atoms. The largest absolute Gasteiger partial charge is 0.506 e. The van der Waals surface area contributed by atoms with Gasteiger partial charge < -0.3 is 5.11 Å². The lowest BCUT2D eigenvalue weighted by atomic mass is 10.2. The summed E-state index contributed by atoms with van der Waals surface area (Å²) in [5, 5.41) is 14.9. The van der Waals surface area contributed by atoms with Gasteiger partial charge in [0.15, 0.2) is 0 Å². The van der Waals surface area contributed by atoms with E-state index in [0.717, 1.165) is 10.7 Å².